The molecule has 0 bridgehead atoms. The summed E-state index contributed by atoms with van der Waals surface area (Å²) in [6.07, 6.45) is 7.43. The van der Waals surface area contributed by atoms with Gasteiger partial charge in [0.25, 0.3) is 5.91 Å². The summed E-state index contributed by atoms with van der Waals surface area (Å²) in [4.78, 5) is 45.4. The second-order valence-corrected chi connectivity index (χ2v) is 10.6. The Morgan fingerprint density at radius 1 is 1.13 bits per heavy atom. The predicted octanol–water partition coefficient (Wildman–Crippen LogP) is 3.84. The highest BCUT2D eigenvalue weighted by atomic mass is 32.1. The first-order valence-corrected chi connectivity index (χ1v) is 12.2. The maximum absolute atomic E-state index is 12.8. The third-order valence-corrected chi connectivity index (χ3v) is 6.99. The number of amides is 2. The van der Waals surface area contributed by atoms with Crippen molar-refractivity contribution in [3.05, 3.63) is 16.1 Å². The van der Waals surface area contributed by atoms with Crippen molar-refractivity contribution in [3.63, 3.8) is 0 Å². The summed E-state index contributed by atoms with van der Waals surface area (Å²) in [5, 5.41) is 2.71. The summed E-state index contributed by atoms with van der Waals surface area (Å²) in [5.41, 5.74) is -0.214. The summed E-state index contributed by atoms with van der Waals surface area (Å²) >= 11 is 1.49. The Labute approximate surface area is 189 Å². The van der Waals surface area contributed by atoms with Crippen molar-refractivity contribution < 1.29 is 19.1 Å². The average molecular weight is 450 g/mol. The Hall–Kier alpha value is -1.96. The molecule has 7 nitrogen and oxygen atoms in total. The zero-order valence-electron chi connectivity index (χ0n) is 19.2. The second kappa shape index (κ2) is 10.1. The molecule has 2 amide bonds. The minimum Gasteiger partial charge on any atom is -0.459 e. The number of carbonyl (C=O) groups excluding carboxylic acids is 3. The number of ether oxygens (including phenoxy) is 1. The molecular weight excluding hydrogens is 414 g/mol. The van der Waals surface area contributed by atoms with E-state index in [4.69, 9.17) is 4.74 Å². The quantitative estimate of drug-likeness (QED) is 0.638. The predicted molar refractivity (Wildman–Crippen MR) is 120 cm³/mol. The zero-order chi connectivity index (χ0) is 22.6. The average Bonchev–Trinajstić information content (AvgIpc) is 3.22. The summed E-state index contributed by atoms with van der Waals surface area (Å²) in [6.45, 7) is 6.82. The molecule has 1 saturated heterocycles. The number of likely N-dealkylation sites (N-methyl/N-ethyl adjacent to an activating group) is 1. The molecule has 0 aromatic carbocycles. The molecule has 0 spiro atoms. The topological polar surface area (TPSA) is 79.8 Å². The van der Waals surface area contributed by atoms with Crippen LogP contribution in [0.5, 0.6) is 0 Å². The third kappa shape index (κ3) is 6.51. The maximum atomic E-state index is 12.8. The number of esters is 1. The summed E-state index contributed by atoms with van der Waals surface area (Å²) in [7, 11) is 1.58. The Morgan fingerprint density at radius 2 is 1.77 bits per heavy atom. The van der Waals surface area contributed by atoms with Crippen molar-refractivity contribution in [1.82, 2.24) is 14.8 Å². The fraction of sp³-hybridized carbons (Fsp3) is 0.739. The van der Waals surface area contributed by atoms with E-state index in [0.717, 1.165) is 43.8 Å². The van der Waals surface area contributed by atoms with E-state index >= 15 is 0 Å². The lowest BCUT2D eigenvalue weighted by molar-refractivity contribution is -0.155. The van der Waals surface area contributed by atoms with Crippen molar-refractivity contribution >= 4 is 29.1 Å². The van der Waals surface area contributed by atoms with Crippen LogP contribution >= 0.6 is 11.3 Å². The van der Waals surface area contributed by atoms with Crippen molar-refractivity contribution in [2.24, 2.45) is 5.92 Å². The standard InChI is InChI=1S/C23H35N3O4S/c1-23(2,3)30-19(27)14-25(4)22(29)18-15-31-20(24-18)16-10-12-26(13-11-16)21(28)17-8-6-5-7-9-17/h15-17H,5-14H2,1-4H3. The van der Waals surface area contributed by atoms with E-state index in [2.05, 4.69) is 4.98 Å². The molecule has 1 aromatic heterocycles. The van der Waals surface area contributed by atoms with Gasteiger partial charge in [0.05, 0.1) is 5.01 Å². The van der Waals surface area contributed by atoms with Gasteiger partial charge in [0, 0.05) is 37.4 Å². The smallest absolute Gasteiger partial charge is 0.326 e. The molecule has 1 aliphatic carbocycles. The monoisotopic (exact) mass is 449 g/mol. The molecule has 2 aliphatic rings. The van der Waals surface area contributed by atoms with Gasteiger partial charge in [-0.25, -0.2) is 4.98 Å². The van der Waals surface area contributed by atoms with E-state index in [1.807, 2.05) is 4.90 Å². The Balaban J connectivity index is 1.51. The molecule has 8 heteroatoms. The molecular formula is C23H35N3O4S. The summed E-state index contributed by atoms with van der Waals surface area (Å²) in [5.74, 6) is 0.108. The molecule has 1 aliphatic heterocycles. The van der Waals surface area contributed by atoms with Crippen LogP contribution in [0.15, 0.2) is 5.38 Å². The number of carbonyl (C=O) groups is 3. The van der Waals surface area contributed by atoms with Crippen LogP contribution < -0.4 is 0 Å². The number of aromatic nitrogens is 1. The SMILES string of the molecule is CN(CC(=O)OC(C)(C)C)C(=O)c1csc(C2CCN(C(=O)C3CCCCC3)CC2)n1. The number of rotatable bonds is 5. The van der Waals surface area contributed by atoms with Gasteiger partial charge in [-0.15, -0.1) is 11.3 Å². The minimum absolute atomic E-state index is 0.107. The zero-order valence-corrected chi connectivity index (χ0v) is 20.0. The summed E-state index contributed by atoms with van der Waals surface area (Å²) < 4.78 is 5.29. The number of piperidine rings is 1. The van der Waals surface area contributed by atoms with Crippen molar-refractivity contribution in [3.8, 4) is 0 Å². The first kappa shape index (κ1) is 23.7. The number of hydrogen-bond donors (Lipinski definition) is 0. The molecule has 172 valence electrons. The molecule has 1 saturated carbocycles. The van der Waals surface area contributed by atoms with Crippen molar-refractivity contribution in [2.45, 2.75) is 77.2 Å². The molecule has 1 aromatic rings. The van der Waals surface area contributed by atoms with Crippen LogP contribution in [-0.2, 0) is 14.3 Å². The van der Waals surface area contributed by atoms with E-state index in [0.29, 0.717) is 11.6 Å². The number of nitrogens with zero attached hydrogens (tertiary/aromatic N) is 3. The molecule has 0 N–H and O–H groups in total. The minimum atomic E-state index is -0.581. The maximum Gasteiger partial charge on any atom is 0.326 e. The van der Waals surface area contributed by atoms with E-state index < -0.39 is 11.6 Å². The Bertz CT molecular complexity index is 787. The van der Waals surface area contributed by atoms with E-state index in [1.165, 1.54) is 35.5 Å². The molecule has 0 unspecified atom stereocenters. The lowest BCUT2D eigenvalue weighted by atomic mass is 9.87. The van der Waals surface area contributed by atoms with Crippen LogP contribution in [0, 0.1) is 5.92 Å². The van der Waals surface area contributed by atoms with Gasteiger partial charge in [-0.2, -0.15) is 0 Å². The molecule has 0 atom stereocenters. The van der Waals surface area contributed by atoms with E-state index in [-0.39, 0.29) is 24.3 Å². The van der Waals surface area contributed by atoms with Crippen LogP contribution in [0.3, 0.4) is 0 Å². The van der Waals surface area contributed by atoms with Gasteiger partial charge in [0.1, 0.15) is 17.8 Å². The fourth-order valence-electron chi connectivity index (χ4n) is 4.36. The first-order chi connectivity index (χ1) is 14.6. The van der Waals surface area contributed by atoms with E-state index in [9.17, 15) is 14.4 Å². The summed E-state index contributed by atoms with van der Waals surface area (Å²) in [6, 6.07) is 0. The highest BCUT2D eigenvalue weighted by Gasteiger charge is 2.31. The van der Waals surface area contributed by atoms with Gasteiger partial charge in [-0.1, -0.05) is 19.3 Å². The van der Waals surface area contributed by atoms with Gasteiger partial charge < -0.3 is 14.5 Å². The molecule has 3 rings (SSSR count). The third-order valence-electron chi connectivity index (χ3n) is 5.98. The molecule has 2 fully saturated rings. The van der Waals surface area contributed by atoms with Gasteiger partial charge in [0.15, 0.2) is 0 Å². The molecule has 0 radical (unpaired) electrons. The van der Waals surface area contributed by atoms with Crippen LogP contribution in [0.25, 0.3) is 0 Å². The van der Waals surface area contributed by atoms with Gasteiger partial charge in [-0.05, 0) is 46.5 Å². The van der Waals surface area contributed by atoms with Crippen molar-refractivity contribution in [2.75, 3.05) is 26.7 Å². The van der Waals surface area contributed by atoms with Gasteiger partial charge in [-0.3, -0.25) is 14.4 Å². The first-order valence-electron chi connectivity index (χ1n) is 11.4. The molecule has 2 heterocycles. The highest BCUT2D eigenvalue weighted by molar-refractivity contribution is 7.09. The Morgan fingerprint density at radius 3 is 2.39 bits per heavy atom. The van der Waals surface area contributed by atoms with E-state index in [1.54, 1.807) is 33.2 Å². The molecule has 31 heavy (non-hydrogen) atoms. The fourth-order valence-corrected chi connectivity index (χ4v) is 5.33. The Kier molecular flexibility index (Phi) is 7.73. The van der Waals surface area contributed by atoms with Crippen LogP contribution in [0.4, 0.5) is 0 Å². The van der Waals surface area contributed by atoms with Crippen molar-refractivity contribution in [1.29, 1.82) is 0 Å². The highest BCUT2D eigenvalue weighted by Crippen LogP contribution is 2.32. The van der Waals surface area contributed by atoms with Gasteiger partial charge >= 0.3 is 5.97 Å². The number of hydrogen-bond acceptors (Lipinski definition) is 6. The largest absolute Gasteiger partial charge is 0.459 e. The van der Waals surface area contributed by atoms with Gasteiger partial charge in [0.2, 0.25) is 5.91 Å². The van der Waals surface area contributed by atoms with Crippen LogP contribution in [0.2, 0.25) is 0 Å². The van der Waals surface area contributed by atoms with Crippen LogP contribution in [0.1, 0.15) is 87.1 Å². The second-order valence-electron chi connectivity index (χ2n) is 9.75. The lowest BCUT2D eigenvalue weighted by Gasteiger charge is -2.34. The number of thiazole rings is 1. The number of likely N-dealkylation sites (tertiary alicyclic amines) is 1. The van der Waals surface area contributed by atoms with Crippen LogP contribution in [-0.4, -0.2) is 64.9 Å². The lowest BCUT2D eigenvalue weighted by Crippen LogP contribution is -2.41. The normalized spacial score (nSPS) is 18.6.